The lowest BCUT2D eigenvalue weighted by molar-refractivity contribution is 0.595. The van der Waals surface area contributed by atoms with Gasteiger partial charge in [-0.3, -0.25) is 4.99 Å². The van der Waals surface area contributed by atoms with Crippen molar-refractivity contribution in [1.29, 1.82) is 0 Å². The molecule has 0 fully saturated rings. The molecule has 0 aliphatic carbocycles. The van der Waals surface area contributed by atoms with Gasteiger partial charge in [0.15, 0.2) is 0 Å². The van der Waals surface area contributed by atoms with Crippen LogP contribution in [0, 0.1) is 5.82 Å². The van der Waals surface area contributed by atoms with E-state index in [9.17, 15) is 4.39 Å². The average Bonchev–Trinajstić information content (AvgIpc) is 2.46. The summed E-state index contributed by atoms with van der Waals surface area (Å²) in [7, 11) is 0. The molecule has 0 saturated heterocycles. The van der Waals surface area contributed by atoms with Crippen LogP contribution in [0.2, 0.25) is 0 Å². The van der Waals surface area contributed by atoms with Crippen LogP contribution < -0.4 is 0 Å². The summed E-state index contributed by atoms with van der Waals surface area (Å²) >= 11 is 4.90. The molecule has 0 spiro atoms. The summed E-state index contributed by atoms with van der Waals surface area (Å²) in [5, 5.41) is 0.102. The number of aliphatic imine (C=N–C) groups is 1. The zero-order valence-electron chi connectivity index (χ0n) is 7.58. The quantitative estimate of drug-likeness (QED) is 0.759. The highest BCUT2D eigenvalue weighted by molar-refractivity contribution is 9.22. The fourth-order valence-corrected chi connectivity index (χ4v) is 3.43. The fraction of sp³-hybridized carbons (Fsp3) is 0.300. The van der Waals surface area contributed by atoms with Crippen molar-refractivity contribution in [3.63, 3.8) is 0 Å². The van der Waals surface area contributed by atoms with Gasteiger partial charge in [-0.1, -0.05) is 30.0 Å². The van der Waals surface area contributed by atoms with Gasteiger partial charge >= 0.3 is 0 Å². The first-order valence-corrected chi connectivity index (χ1v) is 6.00. The highest BCUT2D eigenvalue weighted by atomic mass is 79.9. The topological polar surface area (TPSA) is 12.4 Å². The highest BCUT2D eigenvalue weighted by Crippen LogP contribution is 2.42. The molecule has 1 aliphatic rings. The van der Waals surface area contributed by atoms with E-state index in [-0.39, 0.29) is 17.1 Å². The minimum absolute atomic E-state index is 0.102. The Morgan fingerprint density at radius 2 is 2.14 bits per heavy atom. The molecule has 1 aliphatic heterocycles. The minimum atomic E-state index is -0.144. The van der Waals surface area contributed by atoms with Crippen LogP contribution in [0.1, 0.15) is 17.7 Å². The standard InChI is InChI=1S/C10H9BrFNS/c1-6-9(14-10(11)13-6)7-4-2-3-5-8(7)12/h2-6,9H,1H3/t6-,9?/m1/s1. The fourth-order valence-electron chi connectivity index (χ4n) is 1.49. The van der Waals surface area contributed by atoms with Crippen LogP contribution in [0.15, 0.2) is 29.3 Å². The van der Waals surface area contributed by atoms with Crippen molar-refractivity contribution >= 4 is 31.6 Å². The lowest BCUT2D eigenvalue weighted by atomic mass is 10.1. The van der Waals surface area contributed by atoms with Crippen LogP contribution in [0.5, 0.6) is 0 Å². The van der Waals surface area contributed by atoms with Gasteiger partial charge < -0.3 is 0 Å². The zero-order valence-corrected chi connectivity index (χ0v) is 9.98. The van der Waals surface area contributed by atoms with Gasteiger partial charge in [-0.05, 0) is 28.9 Å². The van der Waals surface area contributed by atoms with Gasteiger partial charge in [0.05, 0.1) is 11.3 Å². The maximum Gasteiger partial charge on any atom is 0.135 e. The van der Waals surface area contributed by atoms with Crippen molar-refractivity contribution in [2.75, 3.05) is 0 Å². The van der Waals surface area contributed by atoms with E-state index < -0.39 is 0 Å². The van der Waals surface area contributed by atoms with E-state index in [0.29, 0.717) is 0 Å². The van der Waals surface area contributed by atoms with Crippen LogP contribution in [0.4, 0.5) is 4.39 Å². The Bertz CT molecular complexity index is 380. The third-order valence-corrected chi connectivity index (χ3v) is 4.15. The van der Waals surface area contributed by atoms with Crippen molar-refractivity contribution in [1.82, 2.24) is 0 Å². The smallest absolute Gasteiger partial charge is 0.135 e. The summed E-state index contributed by atoms with van der Waals surface area (Å²) in [4.78, 5) is 4.32. The lowest BCUT2D eigenvalue weighted by Crippen LogP contribution is -2.06. The first kappa shape index (κ1) is 10.2. The molecule has 0 saturated carbocycles. The van der Waals surface area contributed by atoms with Gasteiger partial charge in [0.25, 0.3) is 0 Å². The van der Waals surface area contributed by atoms with Crippen molar-refractivity contribution in [2.45, 2.75) is 18.2 Å². The van der Waals surface area contributed by atoms with Crippen LogP contribution in [-0.2, 0) is 0 Å². The van der Waals surface area contributed by atoms with E-state index in [1.807, 2.05) is 19.1 Å². The lowest BCUT2D eigenvalue weighted by Gasteiger charge is -2.13. The van der Waals surface area contributed by atoms with Crippen molar-refractivity contribution in [2.24, 2.45) is 4.99 Å². The van der Waals surface area contributed by atoms with Crippen LogP contribution in [0.25, 0.3) is 0 Å². The molecule has 1 heterocycles. The second-order valence-corrected chi connectivity index (χ2v) is 5.59. The molecule has 0 amide bonds. The van der Waals surface area contributed by atoms with E-state index in [1.165, 1.54) is 6.07 Å². The molecule has 2 rings (SSSR count). The van der Waals surface area contributed by atoms with E-state index in [0.717, 1.165) is 9.52 Å². The molecule has 1 aromatic rings. The molecular weight excluding hydrogens is 265 g/mol. The highest BCUT2D eigenvalue weighted by Gasteiger charge is 2.28. The second kappa shape index (κ2) is 4.03. The Hall–Kier alpha value is -0.350. The average molecular weight is 274 g/mol. The summed E-state index contributed by atoms with van der Waals surface area (Å²) in [6.45, 7) is 2.00. The minimum Gasteiger partial charge on any atom is -0.267 e. The Morgan fingerprint density at radius 1 is 1.43 bits per heavy atom. The van der Waals surface area contributed by atoms with E-state index >= 15 is 0 Å². The molecule has 74 valence electrons. The third kappa shape index (κ3) is 1.86. The maximum absolute atomic E-state index is 13.5. The Kier molecular flexibility index (Phi) is 2.93. The normalized spacial score (nSPS) is 26.4. The SMILES string of the molecule is C[C@H]1N=C(Br)SC1c1ccccc1F. The number of halogens is 2. The van der Waals surface area contributed by atoms with Gasteiger partial charge in [0.1, 0.15) is 9.77 Å². The van der Waals surface area contributed by atoms with Gasteiger partial charge in [-0.25, -0.2) is 4.39 Å². The van der Waals surface area contributed by atoms with E-state index in [1.54, 1.807) is 17.8 Å². The van der Waals surface area contributed by atoms with Crippen LogP contribution in [0.3, 0.4) is 0 Å². The van der Waals surface area contributed by atoms with Crippen molar-refractivity contribution in [3.05, 3.63) is 35.6 Å². The van der Waals surface area contributed by atoms with Crippen molar-refractivity contribution in [3.8, 4) is 0 Å². The van der Waals surface area contributed by atoms with Gasteiger partial charge in [-0.2, -0.15) is 0 Å². The maximum atomic E-state index is 13.5. The summed E-state index contributed by atoms with van der Waals surface area (Å²) in [5.41, 5.74) is 0.739. The number of rotatable bonds is 1. The molecule has 14 heavy (non-hydrogen) atoms. The summed E-state index contributed by atoms with van der Waals surface area (Å²) in [6, 6.07) is 7.02. The molecule has 1 aromatic carbocycles. The molecule has 4 heteroatoms. The molecule has 1 unspecified atom stereocenters. The molecule has 2 atom stereocenters. The Labute approximate surface area is 94.9 Å². The number of hydrogen-bond donors (Lipinski definition) is 0. The predicted octanol–water partition coefficient (Wildman–Crippen LogP) is 3.75. The predicted molar refractivity (Wildman–Crippen MR) is 62.6 cm³/mol. The molecule has 0 radical (unpaired) electrons. The largest absolute Gasteiger partial charge is 0.267 e. The number of thioether (sulfide) groups is 1. The van der Waals surface area contributed by atoms with Crippen LogP contribution >= 0.6 is 27.7 Å². The van der Waals surface area contributed by atoms with Gasteiger partial charge in [-0.15, -0.1) is 0 Å². The van der Waals surface area contributed by atoms with E-state index in [2.05, 4.69) is 20.9 Å². The van der Waals surface area contributed by atoms with Gasteiger partial charge in [0.2, 0.25) is 0 Å². The van der Waals surface area contributed by atoms with E-state index in [4.69, 9.17) is 0 Å². The summed E-state index contributed by atoms with van der Waals surface area (Å²) in [6.07, 6.45) is 0. The molecule has 0 bridgehead atoms. The van der Waals surface area contributed by atoms with Gasteiger partial charge in [0, 0.05) is 5.56 Å². The zero-order chi connectivity index (χ0) is 10.1. The molecule has 1 nitrogen and oxygen atoms in total. The number of benzene rings is 1. The second-order valence-electron chi connectivity index (χ2n) is 3.18. The first-order valence-electron chi connectivity index (χ1n) is 4.33. The number of hydrogen-bond acceptors (Lipinski definition) is 2. The molecule has 0 aromatic heterocycles. The Balaban J connectivity index is 2.30. The summed E-state index contributed by atoms with van der Waals surface area (Å²) < 4.78 is 14.3. The monoisotopic (exact) mass is 273 g/mol. The third-order valence-electron chi connectivity index (χ3n) is 2.18. The summed E-state index contributed by atoms with van der Waals surface area (Å²) in [5.74, 6) is -0.144. The number of nitrogens with zero attached hydrogens (tertiary/aromatic N) is 1. The molecule has 0 N–H and O–H groups in total. The van der Waals surface area contributed by atoms with Crippen LogP contribution in [-0.4, -0.2) is 9.99 Å². The van der Waals surface area contributed by atoms with Crippen molar-refractivity contribution < 1.29 is 4.39 Å². The molecular formula is C10H9BrFNS. The first-order chi connectivity index (χ1) is 6.68. The Morgan fingerprint density at radius 3 is 2.71 bits per heavy atom.